The molecule has 3 rings (SSSR count). The molecule has 0 bridgehead atoms. The highest BCUT2D eigenvalue weighted by molar-refractivity contribution is 5.94. The van der Waals surface area contributed by atoms with E-state index in [4.69, 9.17) is 9.47 Å². The van der Waals surface area contributed by atoms with Gasteiger partial charge in [0.15, 0.2) is 12.0 Å². The maximum atomic E-state index is 14.0. The number of aromatic nitrogens is 1. The number of hydrogen-bond donors (Lipinski definition) is 2. The van der Waals surface area contributed by atoms with Crippen molar-refractivity contribution in [2.75, 3.05) is 13.7 Å². The van der Waals surface area contributed by atoms with Gasteiger partial charge in [-0.2, -0.15) is 0 Å². The normalized spacial score (nSPS) is 20.8. The number of carbonyl (C=O) groups excluding carboxylic acids is 2. The lowest BCUT2D eigenvalue weighted by atomic mass is 10.0. The van der Waals surface area contributed by atoms with Gasteiger partial charge in [-0.3, -0.25) is 14.4 Å². The Kier molecular flexibility index (Phi) is 8.98. The molecule has 0 aliphatic carbocycles. The first kappa shape index (κ1) is 28.2. The number of likely N-dealkylation sites (tertiary alicyclic amines) is 1. The number of halogens is 3. The first-order valence-electron chi connectivity index (χ1n) is 11.7. The Labute approximate surface area is 211 Å². The standard InChI is InChI=1S/C25H30F3N3O6/c1-13-5-6-22(37-15(3)36-4)21(11-30(13)12-32)31-10-18(24(34)23(33)14(31)2)25(35)29-9-17-19(27)7-16(26)8-20(17)28/h7-8,10,12-13,15,21-22,33H,5-6,9,11H2,1-4H3,(H,29,35). The molecule has 2 amide bonds. The Morgan fingerprint density at radius 3 is 2.51 bits per heavy atom. The maximum Gasteiger partial charge on any atom is 0.257 e. The summed E-state index contributed by atoms with van der Waals surface area (Å²) in [5.74, 6) is -5.21. The van der Waals surface area contributed by atoms with Crippen LogP contribution >= 0.6 is 0 Å². The SMILES string of the molecule is COC(C)OC1CCC(C)N(C=O)CC1n1cc(C(=O)NCc2c(F)cc(F)cc2F)c(=O)c(O)c1C. The molecule has 1 aliphatic heterocycles. The predicted molar refractivity (Wildman–Crippen MR) is 126 cm³/mol. The number of ether oxygens (including phenoxy) is 2. The van der Waals surface area contributed by atoms with Crippen LogP contribution in [0.3, 0.4) is 0 Å². The number of methoxy groups -OCH3 is 1. The lowest BCUT2D eigenvalue weighted by Gasteiger charge is -2.33. The molecule has 1 aliphatic rings. The van der Waals surface area contributed by atoms with Crippen molar-refractivity contribution >= 4 is 12.3 Å². The third kappa shape index (κ3) is 6.13. The molecular weight excluding hydrogens is 495 g/mol. The maximum absolute atomic E-state index is 14.0. The Morgan fingerprint density at radius 1 is 1.27 bits per heavy atom. The van der Waals surface area contributed by atoms with Gasteiger partial charge in [-0.15, -0.1) is 0 Å². The molecule has 2 heterocycles. The second kappa shape index (κ2) is 11.8. The van der Waals surface area contributed by atoms with Crippen LogP contribution in [-0.4, -0.2) is 59.0 Å². The summed E-state index contributed by atoms with van der Waals surface area (Å²) in [5.41, 5.74) is -1.92. The molecule has 0 saturated carbocycles. The molecule has 2 aromatic rings. The molecule has 0 radical (unpaired) electrons. The van der Waals surface area contributed by atoms with Crippen LogP contribution in [0.4, 0.5) is 13.2 Å². The number of hydrogen-bond acceptors (Lipinski definition) is 6. The zero-order valence-corrected chi connectivity index (χ0v) is 21.0. The Morgan fingerprint density at radius 2 is 1.92 bits per heavy atom. The molecule has 1 saturated heterocycles. The van der Waals surface area contributed by atoms with E-state index in [2.05, 4.69) is 5.32 Å². The highest BCUT2D eigenvalue weighted by Gasteiger charge is 2.34. The number of aromatic hydroxyl groups is 1. The Bertz CT molecular complexity index is 1200. The number of nitrogens with one attached hydrogen (secondary N) is 1. The van der Waals surface area contributed by atoms with Gasteiger partial charge in [0.25, 0.3) is 5.91 Å². The molecule has 37 heavy (non-hydrogen) atoms. The van der Waals surface area contributed by atoms with Crippen LogP contribution in [0.2, 0.25) is 0 Å². The minimum atomic E-state index is -1.20. The third-order valence-corrected chi connectivity index (χ3v) is 6.69. The van der Waals surface area contributed by atoms with Crippen LogP contribution in [0.5, 0.6) is 5.75 Å². The van der Waals surface area contributed by atoms with Crippen molar-refractivity contribution in [2.24, 2.45) is 0 Å². The van der Waals surface area contributed by atoms with Gasteiger partial charge in [0.1, 0.15) is 23.0 Å². The fraction of sp³-hybridized carbons (Fsp3) is 0.480. The lowest BCUT2D eigenvalue weighted by molar-refractivity contribution is -0.157. The topological polar surface area (TPSA) is 110 Å². The predicted octanol–water partition coefficient (Wildman–Crippen LogP) is 2.77. The molecule has 9 nitrogen and oxygen atoms in total. The monoisotopic (exact) mass is 525 g/mol. The van der Waals surface area contributed by atoms with Crippen LogP contribution < -0.4 is 10.7 Å². The quantitative estimate of drug-likeness (QED) is 0.405. The molecule has 202 valence electrons. The summed E-state index contributed by atoms with van der Waals surface area (Å²) < 4.78 is 53.9. The summed E-state index contributed by atoms with van der Waals surface area (Å²) in [5, 5.41) is 12.8. The molecule has 2 N–H and O–H groups in total. The minimum absolute atomic E-state index is 0.108. The minimum Gasteiger partial charge on any atom is -0.503 e. The van der Waals surface area contributed by atoms with Crippen molar-refractivity contribution in [3.05, 3.63) is 62.8 Å². The average molecular weight is 526 g/mol. The summed E-state index contributed by atoms with van der Waals surface area (Å²) in [7, 11) is 1.47. The smallest absolute Gasteiger partial charge is 0.257 e. The summed E-state index contributed by atoms with van der Waals surface area (Å²) in [4.78, 5) is 39.0. The third-order valence-electron chi connectivity index (χ3n) is 6.69. The van der Waals surface area contributed by atoms with E-state index < -0.39 is 70.6 Å². The molecule has 1 aromatic carbocycles. The second-order valence-corrected chi connectivity index (χ2v) is 9.02. The van der Waals surface area contributed by atoms with E-state index in [-0.39, 0.29) is 18.3 Å². The first-order valence-corrected chi connectivity index (χ1v) is 11.7. The summed E-state index contributed by atoms with van der Waals surface area (Å²) in [6.45, 7) is 4.56. The van der Waals surface area contributed by atoms with Gasteiger partial charge in [-0.25, -0.2) is 13.2 Å². The van der Waals surface area contributed by atoms with Crippen molar-refractivity contribution in [1.29, 1.82) is 0 Å². The van der Waals surface area contributed by atoms with Gasteiger partial charge in [0.05, 0.1) is 17.8 Å². The molecular formula is C25H30F3N3O6. The molecule has 1 aromatic heterocycles. The van der Waals surface area contributed by atoms with E-state index in [0.717, 1.165) is 0 Å². The average Bonchev–Trinajstić information content (AvgIpc) is 3.00. The van der Waals surface area contributed by atoms with Crippen molar-refractivity contribution in [3.8, 4) is 5.75 Å². The van der Waals surface area contributed by atoms with E-state index >= 15 is 0 Å². The number of benzene rings is 1. The number of amides is 2. The van der Waals surface area contributed by atoms with E-state index in [1.165, 1.54) is 24.8 Å². The zero-order chi connectivity index (χ0) is 27.4. The fourth-order valence-corrected chi connectivity index (χ4v) is 4.37. The highest BCUT2D eigenvalue weighted by atomic mass is 19.1. The van der Waals surface area contributed by atoms with Gasteiger partial charge in [-0.1, -0.05) is 0 Å². The molecule has 4 atom stereocenters. The number of carbonyl (C=O) groups is 2. The van der Waals surface area contributed by atoms with Gasteiger partial charge in [0.2, 0.25) is 11.8 Å². The van der Waals surface area contributed by atoms with E-state index in [1.807, 2.05) is 6.92 Å². The first-order chi connectivity index (χ1) is 17.5. The van der Waals surface area contributed by atoms with Crippen LogP contribution in [0, 0.1) is 24.4 Å². The van der Waals surface area contributed by atoms with Gasteiger partial charge in [0, 0.05) is 50.1 Å². The van der Waals surface area contributed by atoms with Gasteiger partial charge >= 0.3 is 0 Å². The summed E-state index contributed by atoms with van der Waals surface area (Å²) in [6, 6.07) is 0.227. The van der Waals surface area contributed by atoms with Crippen molar-refractivity contribution in [3.63, 3.8) is 0 Å². The van der Waals surface area contributed by atoms with E-state index in [0.29, 0.717) is 31.4 Å². The second-order valence-electron chi connectivity index (χ2n) is 9.02. The lowest BCUT2D eigenvalue weighted by Crippen LogP contribution is -2.40. The van der Waals surface area contributed by atoms with E-state index in [9.17, 15) is 32.7 Å². The fourth-order valence-electron chi connectivity index (χ4n) is 4.37. The summed E-state index contributed by atoms with van der Waals surface area (Å²) >= 11 is 0. The number of nitrogens with zero attached hydrogens (tertiary/aromatic N) is 2. The Hall–Kier alpha value is -3.38. The van der Waals surface area contributed by atoms with Crippen LogP contribution in [0.1, 0.15) is 54.3 Å². The van der Waals surface area contributed by atoms with Crippen LogP contribution in [-0.2, 0) is 20.8 Å². The van der Waals surface area contributed by atoms with Crippen molar-refractivity contribution in [1.82, 2.24) is 14.8 Å². The van der Waals surface area contributed by atoms with Crippen LogP contribution in [0.25, 0.3) is 0 Å². The van der Waals surface area contributed by atoms with Crippen molar-refractivity contribution in [2.45, 2.75) is 64.6 Å². The summed E-state index contributed by atoms with van der Waals surface area (Å²) in [6.07, 6.45) is 1.95. The molecule has 12 heteroatoms. The molecule has 4 unspecified atom stereocenters. The molecule has 1 fully saturated rings. The van der Waals surface area contributed by atoms with Crippen molar-refractivity contribution < 1.29 is 37.3 Å². The highest BCUT2D eigenvalue weighted by Crippen LogP contribution is 2.30. The van der Waals surface area contributed by atoms with Crippen LogP contribution in [0.15, 0.2) is 23.1 Å². The zero-order valence-electron chi connectivity index (χ0n) is 21.0. The number of rotatable bonds is 8. The molecule has 0 spiro atoms. The Balaban J connectivity index is 2.00. The number of pyridine rings is 1. The largest absolute Gasteiger partial charge is 0.503 e. The van der Waals surface area contributed by atoms with Gasteiger partial charge in [-0.05, 0) is 33.6 Å². The van der Waals surface area contributed by atoms with E-state index in [1.54, 1.807) is 11.8 Å². The van der Waals surface area contributed by atoms with Gasteiger partial charge < -0.3 is 29.4 Å².